The first-order chi connectivity index (χ1) is 17.4. The largest absolute Gasteiger partial charge is 0.369 e. The van der Waals surface area contributed by atoms with E-state index in [0.29, 0.717) is 10.4 Å². The highest BCUT2D eigenvalue weighted by molar-refractivity contribution is 6.35. The maximum atomic E-state index is 12.9. The summed E-state index contributed by atoms with van der Waals surface area (Å²) in [5.74, 6) is 1.78. The number of aromatic nitrogens is 2. The highest BCUT2D eigenvalue weighted by Crippen LogP contribution is 2.44. The minimum atomic E-state index is -0.370. The second-order valence-corrected chi connectivity index (χ2v) is 11.6. The first kappa shape index (κ1) is 23.7. The van der Waals surface area contributed by atoms with Gasteiger partial charge in [-0.25, -0.2) is 0 Å². The summed E-state index contributed by atoms with van der Waals surface area (Å²) in [6, 6.07) is 12.3. The molecule has 6 rings (SSSR count). The van der Waals surface area contributed by atoms with Crippen molar-refractivity contribution >= 4 is 34.5 Å². The molecule has 3 aliphatic rings. The molecule has 2 fully saturated rings. The number of carbonyl (C=O) groups excluding carboxylic acids is 1. The molecule has 7 heteroatoms. The van der Waals surface area contributed by atoms with Crippen LogP contribution < -0.4 is 10.5 Å². The quantitative estimate of drug-likeness (QED) is 0.477. The fourth-order valence-electron chi connectivity index (χ4n) is 6.50. The second kappa shape index (κ2) is 9.00. The lowest BCUT2D eigenvalue weighted by Gasteiger charge is -2.39. The normalized spacial score (nSPS) is 23.5. The average Bonchev–Trinajstić information content (AvgIpc) is 3.11. The fraction of sp³-hybridized carbons (Fsp3) is 0.483. The third-order valence-corrected chi connectivity index (χ3v) is 8.97. The van der Waals surface area contributed by atoms with E-state index < -0.39 is 0 Å². The Morgan fingerprint density at radius 1 is 1.06 bits per heavy atom. The molecule has 0 spiro atoms. The van der Waals surface area contributed by atoms with Crippen LogP contribution in [0.3, 0.4) is 0 Å². The van der Waals surface area contributed by atoms with Gasteiger partial charge in [0.2, 0.25) is 0 Å². The fourth-order valence-corrected chi connectivity index (χ4v) is 6.75. The van der Waals surface area contributed by atoms with Crippen LogP contribution in [0.5, 0.6) is 0 Å². The van der Waals surface area contributed by atoms with E-state index in [4.69, 9.17) is 11.6 Å². The lowest BCUT2D eigenvalue weighted by molar-refractivity contribution is -0.112. The Hall–Kier alpha value is -2.70. The Kier molecular flexibility index (Phi) is 5.92. The summed E-state index contributed by atoms with van der Waals surface area (Å²) in [6.07, 6.45) is 5.62. The molecule has 0 N–H and O–H groups in total. The number of anilines is 1. The lowest BCUT2D eigenvalue weighted by Crippen LogP contribution is -2.48. The number of hydrogen-bond acceptors (Lipinski definition) is 5. The second-order valence-electron chi connectivity index (χ2n) is 11.2. The Balaban J connectivity index is 1.25. The number of nitrogens with zero attached hydrogens (tertiary/aromatic N) is 4. The van der Waals surface area contributed by atoms with E-state index in [1.54, 1.807) is 6.07 Å². The Morgan fingerprint density at radius 2 is 1.81 bits per heavy atom. The summed E-state index contributed by atoms with van der Waals surface area (Å²) >= 11 is 6.43. The molecule has 1 saturated heterocycles. The van der Waals surface area contributed by atoms with Gasteiger partial charge in [-0.05, 0) is 75.3 Å². The van der Waals surface area contributed by atoms with Gasteiger partial charge in [-0.1, -0.05) is 23.7 Å². The van der Waals surface area contributed by atoms with Gasteiger partial charge >= 0.3 is 0 Å². The third kappa shape index (κ3) is 3.86. The molecule has 2 aliphatic heterocycles. The number of piperazine rings is 1. The van der Waals surface area contributed by atoms with Gasteiger partial charge in [0, 0.05) is 44.3 Å². The van der Waals surface area contributed by atoms with E-state index in [0.717, 1.165) is 74.8 Å². The van der Waals surface area contributed by atoms with Crippen molar-refractivity contribution in [3.05, 3.63) is 63.2 Å². The van der Waals surface area contributed by atoms with Crippen molar-refractivity contribution < 1.29 is 4.79 Å². The topological polar surface area (TPSA) is 58.4 Å². The molecule has 188 valence electrons. The number of carbonyl (C=O) groups is 1. The molecule has 0 atom stereocenters. The van der Waals surface area contributed by atoms with Crippen LogP contribution in [0.25, 0.3) is 16.6 Å². The molecule has 3 aromatic rings. The van der Waals surface area contributed by atoms with Gasteiger partial charge in [0.05, 0.1) is 27.0 Å². The van der Waals surface area contributed by atoms with Gasteiger partial charge in [0.15, 0.2) is 0 Å². The van der Waals surface area contributed by atoms with Crippen molar-refractivity contribution in [2.24, 2.45) is 11.8 Å². The summed E-state index contributed by atoms with van der Waals surface area (Å²) < 4.78 is 2.13. The van der Waals surface area contributed by atoms with Crippen LogP contribution in [-0.4, -0.2) is 53.5 Å². The number of fused-ring (bicyclic) bond motifs is 5. The predicted octanol–water partition coefficient (Wildman–Crippen LogP) is 4.81. The van der Waals surface area contributed by atoms with Gasteiger partial charge < -0.3 is 9.69 Å². The number of benzene rings is 2. The van der Waals surface area contributed by atoms with Gasteiger partial charge in [-0.3, -0.25) is 14.3 Å². The Labute approximate surface area is 216 Å². The van der Waals surface area contributed by atoms with Crippen LogP contribution in [0.4, 0.5) is 5.69 Å². The maximum Gasteiger partial charge on any atom is 0.282 e. The minimum Gasteiger partial charge on any atom is -0.369 e. The third-order valence-electron chi connectivity index (χ3n) is 8.66. The van der Waals surface area contributed by atoms with Crippen LogP contribution in [0.2, 0.25) is 5.02 Å². The number of halogens is 1. The van der Waals surface area contributed by atoms with Crippen LogP contribution in [0, 0.1) is 11.8 Å². The van der Waals surface area contributed by atoms with Crippen LogP contribution >= 0.6 is 11.6 Å². The highest BCUT2D eigenvalue weighted by Gasteiger charge is 2.39. The van der Waals surface area contributed by atoms with Crippen molar-refractivity contribution in [1.29, 1.82) is 0 Å². The van der Waals surface area contributed by atoms with Gasteiger partial charge in [0.1, 0.15) is 12.1 Å². The predicted molar refractivity (Wildman–Crippen MR) is 145 cm³/mol. The zero-order valence-electron chi connectivity index (χ0n) is 21.0. The summed E-state index contributed by atoms with van der Waals surface area (Å²) in [5, 5.41) is 0.922. The molecular formula is C29H33ClN4O2. The smallest absolute Gasteiger partial charge is 0.282 e. The molecule has 36 heavy (non-hydrogen) atoms. The van der Waals surface area contributed by atoms with Crippen LogP contribution in [0.15, 0.2) is 41.2 Å². The minimum absolute atomic E-state index is 0.265. The standard InChI is InChI=1S/C29H33ClN4O2/c1-29(2)22-11-10-21(33-14-12-32(13-15-33)17-19-6-8-20(18-35)9-7-19)16-25(22)34-24-5-3-4-23(30)26(24)27(36)31-28(29)34/h3-5,10-11,16,18-20H,6-9,12-15,17H2,1-2H3. The van der Waals surface area contributed by atoms with E-state index in [9.17, 15) is 9.59 Å². The van der Waals surface area contributed by atoms with Crippen molar-refractivity contribution in [2.75, 3.05) is 37.6 Å². The molecule has 0 unspecified atom stereocenters. The monoisotopic (exact) mass is 504 g/mol. The number of aldehydes is 1. The van der Waals surface area contributed by atoms with Crippen LogP contribution in [0.1, 0.15) is 50.9 Å². The van der Waals surface area contributed by atoms with E-state index in [1.165, 1.54) is 24.1 Å². The first-order valence-corrected chi connectivity index (χ1v) is 13.5. The summed E-state index contributed by atoms with van der Waals surface area (Å²) in [7, 11) is 0. The Bertz CT molecular complexity index is 1380. The van der Waals surface area contributed by atoms with Crippen molar-refractivity contribution in [3.63, 3.8) is 0 Å². The lowest BCUT2D eigenvalue weighted by atomic mass is 9.82. The number of hydrogen-bond donors (Lipinski definition) is 0. The van der Waals surface area contributed by atoms with E-state index in [1.807, 2.05) is 12.1 Å². The molecule has 6 nitrogen and oxygen atoms in total. The molecule has 1 saturated carbocycles. The molecule has 3 heterocycles. The molecule has 0 radical (unpaired) electrons. The van der Waals surface area contributed by atoms with Gasteiger partial charge in [0.25, 0.3) is 5.56 Å². The van der Waals surface area contributed by atoms with Crippen molar-refractivity contribution in [3.8, 4) is 5.69 Å². The summed E-state index contributed by atoms with van der Waals surface area (Å²) in [6.45, 7) is 9.51. The number of rotatable bonds is 4. The molecular weight excluding hydrogens is 472 g/mol. The van der Waals surface area contributed by atoms with Crippen molar-refractivity contribution in [1.82, 2.24) is 14.5 Å². The first-order valence-electron chi connectivity index (χ1n) is 13.2. The average molecular weight is 505 g/mol. The van der Waals surface area contributed by atoms with Crippen LogP contribution in [-0.2, 0) is 10.2 Å². The zero-order chi connectivity index (χ0) is 25.0. The van der Waals surface area contributed by atoms with Gasteiger partial charge in [-0.2, -0.15) is 4.98 Å². The van der Waals surface area contributed by atoms with E-state index in [-0.39, 0.29) is 16.9 Å². The summed E-state index contributed by atoms with van der Waals surface area (Å²) in [4.78, 5) is 33.5. The molecule has 2 aromatic carbocycles. The molecule has 1 aromatic heterocycles. The molecule has 0 bridgehead atoms. The zero-order valence-corrected chi connectivity index (χ0v) is 21.8. The van der Waals surface area contributed by atoms with E-state index in [2.05, 4.69) is 51.4 Å². The summed E-state index contributed by atoms with van der Waals surface area (Å²) in [5.41, 5.74) is 3.65. The highest BCUT2D eigenvalue weighted by atomic mass is 35.5. The maximum absolute atomic E-state index is 12.9. The Morgan fingerprint density at radius 3 is 2.53 bits per heavy atom. The SMILES string of the molecule is CC1(C)c2ccc(N3CCN(CC4CCC(C=O)CC4)CC3)cc2-n2c1nc(=O)c1c(Cl)cccc12. The van der Waals surface area contributed by atoms with Gasteiger partial charge in [-0.15, -0.1) is 0 Å². The molecule has 0 amide bonds. The van der Waals surface area contributed by atoms with E-state index >= 15 is 0 Å². The van der Waals surface area contributed by atoms with Crippen molar-refractivity contribution in [2.45, 2.75) is 44.9 Å². The molecule has 1 aliphatic carbocycles.